The van der Waals surface area contributed by atoms with E-state index in [1.165, 1.54) is 11.1 Å². The first-order valence-electron chi connectivity index (χ1n) is 6.70. The standard InChI is InChI=1S/C15H16N4OS/c1-9-6-4-5-7-12(9)8-21-15-18-17-14-16-13(20)10(2)11(3)19(14)15/h4-7H,8H2,1-3H3,(H,16,17,20). The zero-order chi connectivity index (χ0) is 15.0. The SMILES string of the molecule is Cc1ccccc1CSc1nnc2[nH]c(=O)c(C)c(C)n12. The first-order valence-corrected chi connectivity index (χ1v) is 7.68. The first-order chi connectivity index (χ1) is 10.1. The van der Waals surface area contributed by atoms with Gasteiger partial charge in [-0.25, -0.2) is 0 Å². The number of nitrogens with zero attached hydrogens (tertiary/aromatic N) is 3. The number of rotatable bonds is 3. The number of fused-ring (bicyclic) bond motifs is 1. The van der Waals surface area contributed by atoms with Crippen LogP contribution < -0.4 is 5.56 Å². The molecule has 0 radical (unpaired) electrons. The molecule has 0 saturated carbocycles. The summed E-state index contributed by atoms with van der Waals surface area (Å²) < 4.78 is 1.90. The number of benzene rings is 1. The van der Waals surface area contributed by atoms with Gasteiger partial charge in [-0.15, -0.1) is 10.2 Å². The molecule has 2 aromatic heterocycles. The van der Waals surface area contributed by atoms with Gasteiger partial charge in [0.15, 0.2) is 5.16 Å². The van der Waals surface area contributed by atoms with Gasteiger partial charge in [0.1, 0.15) is 0 Å². The van der Waals surface area contributed by atoms with E-state index in [-0.39, 0.29) is 5.56 Å². The van der Waals surface area contributed by atoms with Crippen molar-refractivity contribution >= 4 is 17.5 Å². The molecule has 3 aromatic rings. The zero-order valence-electron chi connectivity index (χ0n) is 12.2. The molecule has 5 nitrogen and oxygen atoms in total. The number of hydrogen-bond donors (Lipinski definition) is 1. The predicted molar refractivity (Wildman–Crippen MR) is 83.8 cm³/mol. The van der Waals surface area contributed by atoms with Crippen molar-refractivity contribution in [2.45, 2.75) is 31.7 Å². The van der Waals surface area contributed by atoms with Gasteiger partial charge in [-0.1, -0.05) is 36.0 Å². The Kier molecular flexibility index (Phi) is 3.55. The maximum Gasteiger partial charge on any atom is 0.255 e. The molecule has 0 unspecified atom stereocenters. The summed E-state index contributed by atoms with van der Waals surface area (Å²) in [6.07, 6.45) is 0. The van der Waals surface area contributed by atoms with E-state index in [4.69, 9.17) is 0 Å². The van der Waals surface area contributed by atoms with Crippen molar-refractivity contribution in [2.75, 3.05) is 0 Å². The highest BCUT2D eigenvalue weighted by Gasteiger charge is 2.12. The molecule has 0 spiro atoms. The van der Waals surface area contributed by atoms with E-state index >= 15 is 0 Å². The second-order valence-electron chi connectivity index (χ2n) is 5.02. The van der Waals surface area contributed by atoms with E-state index in [0.717, 1.165) is 16.6 Å². The Morgan fingerprint density at radius 2 is 1.95 bits per heavy atom. The summed E-state index contributed by atoms with van der Waals surface area (Å²) >= 11 is 1.62. The van der Waals surface area contributed by atoms with Crippen molar-refractivity contribution in [3.8, 4) is 0 Å². The molecule has 2 heterocycles. The Hall–Kier alpha value is -2.08. The average molecular weight is 300 g/mol. The van der Waals surface area contributed by atoms with Crippen molar-refractivity contribution in [2.24, 2.45) is 0 Å². The fraction of sp³-hybridized carbons (Fsp3) is 0.267. The highest BCUT2D eigenvalue weighted by Crippen LogP contribution is 2.23. The van der Waals surface area contributed by atoms with Crippen LogP contribution in [0.15, 0.2) is 34.2 Å². The second kappa shape index (κ2) is 5.37. The van der Waals surface area contributed by atoms with E-state index in [9.17, 15) is 4.79 Å². The Balaban J connectivity index is 1.97. The normalized spacial score (nSPS) is 11.2. The van der Waals surface area contributed by atoms with Gasteiger partial charge in [0.25, 0.3) is 5.56 Å². The van der Waals surface area contributed by atoms with Crippen LogP contribution in [0.3, 0.4) is 0 Å². The summed E-state index contributed by atoms with van der Waals surface area (Å²) in [6.45, 7) is 5.83. The maximum atomic E-state index is 11.7. The van der Waals surface area contributed by atoms with Crippen LogP contribution in [0.1, 0.15) is 22.4 Å². The van der Waals surface area contributed by atoms with E-state index in [1.54, 1.807) is 11.8 Å². The third-order valence-corrected chi connectivity index (χ3v) is 4.67. The molecule has 21 heavy (non-hydrogen) atoms. The number of aryl methyl sites for hydroxylation is 2. The van der Waals surface area contributed by atoms with Gasteiger partial charge in [0, 0.05) is 17.0 Å². The molecule has 0 aliphatic carbocycles. The molecule has 1 N–H and O–H groups in total. The summed E-state index contributed by atoms with van der Waals surface area (Å²) in [5, 5.41) is 9.04. The average Bonchev–Trinajstić information content (AvgIpc) is 2.87. The van der Waals surface area contributed by atoms with Gasteiger partial charge in [0.2, 0.25) is 5.78 Å². The lowest BCUT2D eigenvalue weighted by Gasteiger charge is -2.07. The van der Waals surface area contributed by atoms with Crippen molar-refractivity contribution in [3.63, 3.8) is 0 Å². The lowest BCUT2D eigenvalue weighted by Crippen LogP contribution is -2.15. The minimum Gasteiger partial charge on any atom is -0.290 e. The minimum absolute atomic E-state index is 0.108. The van der Waals surface area contributed by atoms with Crippen LogP contribution in [0.25, 0.3) is 5.78 Å². The Morgan fingerprint density at radius 3 is 2.71 bits per heavy atom. The number of nitrogens with one attached hydrogen (secondary N) is 1. The molecule has 0 bridgehead atoms. The smallest absolute Gasteiger partial charge is 0.255 e. The van der Waals surface area contributed by atoms with Crippen molar-refractivity contribution in [1.82, 2.24) is 19.6 Å². The number of aromatic nitrogens is 4. The molecule has 108 valence electrons. The summed E-state index contributed by atoms with van der Waals surface area (Å²) in [7, 11) is 0. The van der Waals surface area contributed by atoms with Crippen molar-refractivity contribution in [1.29, 1.82) is 0 Å². The predicted octanol–water partition coefficient (Wildman–Crippen LogP) is 2.64. The van der Waals surface area contributed by atoms with E-state index in [0.29, 0.717) is 11.3 Å². The zero-order valence-corrected chi connectivity index (χ0v) is 13.0. The summed E-state index contributed by atoms with van der Waals surface area (Å²) in [4.78, 5) is 14.5. The van der Waals surface area contributed by atoms with Crippen LogP contribution >= 0.6 is 11.8 Å². The van der Waals surface area contributed by atoms with Crippen LogP contribution in [0.2, 0.25) is 0 Å². The minimum atomic E-state index is -0.108. The highest BCUT2D eigenvalue weighted by molar-refractivity contribution is 7.98. The second-order valence-corrected chi connectivity index (χ2v) is 5.96. The third-order valence-electron chi connectivity index (χ3n) is 3.70. The lowest BCUT2D eigenvalue weighted by molar-refractivity contribution is 0.875. The third kappa shape index (κ3) is 2.47. The monoisotopic (exact) mass is 300 g/mol. The quantitative estimate of drug-likeness (QED) is 0.755. The van der Waals surface area contributed by atoms with Crippen LogP contribution in [0, 0.1) is 20.8 Å². The van der Waals surface area contributed by atoms with Gasteiger partial charge in [-0.2, -0.15) is 0 Å². The van der Waals surface area contributed by atoms with Crippen LogP contribution in [-0.4, -0.2) is 19.6 Å². The summed E-state index contributed by atoms with van der Waals surface area (Å²) in [5.74, 6) is 1.32. The lowest BCUT2D eigenvalue weighted by atomic mass is 10.1. The molecule has 6 heteroatoms. The van der Waals surface area contributed by atoms with Gasteiger partial charge < -0.3 is 0 Å². The van der Waals surface area contributed by atoms with Crippen LogP contribution in [0.4, 0.5) is 0 Å². The van der Waals surface area contributed by atoms with Crippen molar-refractivity contribution in [3.05, 3.63) is 57.0 Å². The van der Waals surface area contributed by atoms with Crippen LogP contribution in [-0.2, 0) is 5.75 Å². The van der Waals surface area contributed by atoms with Crippen LogP contribution in [0.5, 0.6) is 0 Å². The molecule has 0 aliphatic heterocycles. The number of thioether (sulfide) groups is 1. The molecule has 3 rings (SSSR count). The topological polar surface area (TPSA) is 63.0 Å². The molecule has 0 amide bonds. The number of hydrogen-bond acceptors (Lipinski definition) is 4. The molecule has 1 aromatic carbocycles. The molecular weight excluding hydrogens is 284 g/mol. The number of H-pyrrole nitrogens is 1. The Bertz CT molecular complexity index is 866. The molecule has 0 fully saturated rings. The van der Waals surface area contributed by atoms with Gasteiger partial charge in [-0.05, 0) is 31.9 Å². The summed E-state index contributed by atoms with van der Waals surface area (Å²) in [6, 6.07) is 8.29. The Morgan fingerprint density at radius 1 is 1.19 bits per heavy atom. The van der Waals surface area contributed by atoms with Gasteiger partial charge in [0.05, 0.1) is 0 Å². The highest BCUT2D eigenvalue weighted by atomic mass is 32.2. The first kappa shape index (κ1) is 13.9. The largest absolute Gasteiger partial charge is 0.290 e. The molecule has 0 aliphatic rings. The van der Waals surface area contributed by atoms with E-state index < -0.39 is 0 Å². The molecule has 0 saturated heterocycles. The fourth-order valence-electron chi connectivity index (χ4n) is 2.19. The van der Waals surface area contributed by atoms with Crippen molar-refractivity contribution < 1.29 is 0 Å². The summed E-state index contributed by atoms with van der Waals surface area (Å²) in [5.41, 5.74) is 4.01. The number of aromatic amines is 1. The Labute approximate surface area is 126 Å². The van der Waals surface area contributed by atoms with E-state index in [2.05, 4.69) is 34.2 Å². The molecular formula is C15H16N4OS. The fourth-order valence-corrected chi connectivity index (χ4v) is 3.25. The van der Waals surface area contributed by atoms with Gasteiger partial charge >= 0.3 is 0 Å². The van der Waals surface area contributed by atoms with Gasteiger partial charge in [-0.3, -0.25) is 14.2 Å². The van der Waals surface area contributed by atoms with E-state index in [1.807, 2.05) is 30.4 Å². The maximum absolute atomic E-state index is 11.7. The molecule has 0 atom stereocenters.